The molecule has 7 nitrogen and oxygen atoms in total. The van der Waals surface area contributed by atoms with Gasteiger partial charge in [0.1, 0.15) is 10.9 Å². The minimum absolute atomic E-state index is 0.0271. The summed E-state index contributed by atoms with van der Waals surface area (Å²) < 4.78 is 5.39. The Labute approximate surface area is 252 Å². The predicted molar refractivity (Wildman–Crippen MR) is 168 cm³/mol. The lowest BCUT2D eigenvalue weighted by Crippen LogP contribution is -2.43. The minimum atomic E-state index is -0.291. The fourth-order valence-corrected chi connectivity index (χ4v) is 6.45. The maximum absolute atomic E-state index is 13.3. The van der Waals surface area contributed by atoms with Crippen molar-refractivity contribution < 1.29 is 9.53 Å². The van der Waals surface area contributed by atoms with Crippen LogP contribution in [0, 0.1) is 13.8 Å². The molecule has 9 heteroatoms. The van der Waals surface area contributed by atoms with Gasteiger partial charge in [-0.3, -0.25) is 14.5 Å². The predicted octanol–water partition coefficient (Wildman–Crippen LogP) is 6.51. The molecular formula is C32H40Cl2N4O3. The van der Waals surface area contributed by atoms with Crippen LogP contribution < -0.4 is 20.4 Å². The number of carbonyl (C=O) groups is 1. The topological polar surface area (TPSA) is 77.7 Å². The molecule has 2 aromatic carbocycles. The van der Waals surface area contributed by atoms with E-state index in [0.29, 0.717) is 33.9 Å². The molecule has 41 heavy (non-hydrogen) atoms. The highest BCUT2D eigenvalue weighted by molar-refractivity contribution is 6.31. The number of nitrogens with one attached hydrogen (secondary N) is 2. The van der Waals surface area contributed by atoms with Gasteiger partial charge in [-0.25, -0.2) is 0 Å². The fraction of sp³-hybridized carbons (Fsp3) is 0.438. The number of aromatic nitrogens is 1. The molecule has 4 rings (SSSR count). The van der Waals surface area contributed by atoms with Crippen LogP contribution in [0.3, 0.4) is 0 Å². The van der Waals surface area contributed by atoms with Crippen molar-refractivity contribution >= 4 is 34.8 Å². The molecule has 1 heterocycles. The number of carbonyl (C=O) groups excluding carboxylic acids is 1. The van der Waals surface area contributed by atoms with Crippen molar-refractivity contribution in [1.29, 1.82) is 0 Å². The van der Waals surface area contributed by atoms with Crippen LogP contribution >= 0.6 is 23.2 Å². The van der Waals surface area contributed by atoms with E-state index in [1.165, 1.54) is 11.6 Å². The monoisotopic (exact) mass is 598 g/mol. The average molecular weight is 600 g/mol. The first-order valence-electron chi connectivity index (χ1n) is 14.2. The summed E-state index contributed by atoms with van der Waals surface area (Å²) in [6.07, 6.45) is 4.31. The van der Waals surface area contributed by atoms with Crippen molar-refractivity contribution in [1.82, 2.24) is 15.2 Å². The highest BCUT2D eigenvalue weighted by Gasteiger charge is 2.29. The third kappa shape index (κ3) is 7.45. The summed E-state index contributed by atoms with van der Waals surface area (Å²) in [6, 6.07) is 14.2. The standard InChI is InChI=1S/C32H40Cl2N4O3/c1-6-38(25-12-10-24(11-13-25)37(4)19-22-8-7-9-26(15-22)41-5)29-17-23(33)16-27(21(29)3)32(40)35-18-28-30(39)14-20(2)36-31(28)34/h7-9,14-17,24-25H,6,10-13,18-19H2,1-5H3,(H,35,40)(H,36,39)/t24-,25-. The smallest absolute Gasteiger partial charge is 0.251 e. The fourth-order valence-electron chi connectivity index (χ4n) is 5.93. The van der Waals surface area contributed by atoms with Gasteiger partial charge in [0.15, 0.2) is 5.43 Å². The average Bonchev–Trinajstić information content (AvgIpc) is 2.94. The van der Waals surface area contributed by atoms with Gasteiger partial charge in [-0.1, -0.05) is 35.3 Å². The Balaban J connectivity index is 1.44. The molecule has 0 unspecified atom stereocenters. The van der Waals surface area contributed by atoms with Crippen molar-refractivity contribution in [2.75, 3.05) is 25.6 Å². The summed E-state index contributed by atoms with van der Waals surface area (Å²) in [6.45, 7) is 7.59. The lowest BCUT2D eigenvalue weighted by atomic mass is 9.88. The zero-order valence-electron chi connectivity index (χ0n) is 24.5. The van der Waals surface area contributed by atoms with Crippen LogP contribution in [0.2, 0.25) is 10.2 Å². The van der Waals surface area contributed by atoms with E-state index in [4.69, 9.17) is 27.9 Å². The Morgan fingerprint density at radius 1 is 1.07 bits per heavy atom. The van der Waals surface area contributed by atoms with E-state index in [9.17, 15) is 9.59 Å². The first-order chi connectivity index (χ1) is 19.6. The summed E-state index contributed by atoms with van der Waals surface area (Å²) in [5, 5.41) is 3.60. The molecular weight excluding hydrogens is 559 g/mol. The number of nitrogens with zero attached hydrogens (tertiary/aromatic N) is 2. The number of anilines is 1. The number of aromatic amines is 1. The van der Waals surface area contributed by atoms with Crippen molar-refractivity contribution in [2.24, 2.45) is 0 Å². The van der Waals surface area contributed by atoms with Crippen molar-refractivity contribution in [3.8, 4) is 5.75 Å². The molecule has 2 N–H and O–H groups in total. The number of aryl methyl sites for hydroxylation is 1. The van der Waals surface area contributed by atoms with Gasteiger partial charge in [-0.2, -0.15) is 0 Å². The van der Waals surface area contributed by atoms with Crippen LogP contribution in [0.4, 0.5) is 5.69 Å². The van der Waals surface area contributed by atoms with E-state index < -0.39 is 0 Å². The summed E-state index contributed by atoms with van der Waals surface area (Å²) >= 11 is 12.8. The van der Waals surface area contributed by atoms with E-state index in [-0.39, 0.29) is 23.0 Å². The van der Waals surface area contributed by atoms with Gasteiger partial charge in [0, 0.05) is 59.8 Å². The van der Waals surface area contributed by atoms with Gasteiger partial charge in [-0.15, -0.1) is 0 Å². The second-order valence-corrected chi connectivity index (χ2v) is 11.7. The lowest BCUT2D eigenvalue weighted by Gasteiger charge is -2.41. The zero-order chi connectivity index (χ0) is 29.7. The summed E-state index contributed by atoms with van der Waals surface area (Å²) in [4.78, 5) is 33.4. The van der Waals surface area contributed by atoms with Gasteiger partial charge in [-0.05, 0) is 88.9 Å². The Hall–Kier alpha value is -3.00. The molecule has 0 bridgehead atoms. The van der Waals surface area contributed by atoms with Gasteiger partial charge >= 0.3 is 0 Å². The van der Waals surface area contributed by atoms with E-state index >= 15 is 0 Å². The van der Waals surface area contributed by atoms with Gasteiger partial charge in [0.2, 0.25) is 0 Å². The Kier molecular flexibility index (Phi) is 10.4. The van der Waals surface area contributed by atoms with E-state index in [0.717, 1.165) is 55.8 Å². The second-order valence-electron chi connectivity index (χ2n) is 10.9. The maximum Gasteiger partial charge on any atom is 0.251 e. The quantitative estimate of drug-likeness (QED) is 0.260. The van der Waals surface area contributed by atoms with Crippen molar-refractivity contribution in [3.63, 3.8) is 0 Å². The summed E-state index contributed by atoms with van der Waals surface area (Å²) in [5.41, 5.74) is 4.38. The third-order valence-electron chi connectivity index (χ3n) is 8.18. The second kappa shape index (κ2) is 13.8. The number of H-pyrrole nitrogens is 1. The highest BCUT2D eigenvalue weighted by Crippen LogP contribution is 2.34. The molecule has 1 aromatic heterocycles. The van der Waals surface area contributed by atoms with Crippen molar-refractivity contribution in [3.05, 3.63) is 90.8 Å². The van der Waals surface area contributed by atoms with Gasteiger partial charge < -0.3 is 19.9 Å². The zero-order valence-corrected chi connectivity index (χ0v) is 26.0. The molecule has 1 amide bonds. The molecule has 3 aromatic rings. The number of pyridine rings is 1. The number of hydrogen-bond acceptors (Lipinski definition) is 5. The van der Waals surface area contributed by atoms with Gasteiger partial charge in [0.05, 0.1) is 12.7 Å². The molecule has 1 fully saturated rings. The van der Waals surface area contributed by atoms with Crippen LogP contribution in [-0.4, -0.2) is 48.6 Å². The Bertz CT molecular complexity index is 1430. The summed E-state index contributed by atoms with van der Waals surface area (Å²) in [7, 11) is 3.90. The normalized spacial score (nSPS) is 17.0. The molecule has 0 atom stereocenters. The number of rotatable bonds is 10. The largest absolute Gasteiger partial charge is 0.497 e. The number of halogens is 2. The molecule has 0 aliphatic heterocycles. The number of hydrogen-bond donors (Lipinski definition) is 2. The van der Waals surface area contributed by atoms with E-state index in [1.807, 2.05) is 25.1 Å². The lowest BCUT2D eigenvalue weighted by molar-refractivity contribution is 0.0950. The van der Waals surface area contributed by atoms with Crippen molar-refractivity contribution in [2.45, 2.75) is 71.6 Å². The molecule has 1 saturated carbocycles. The van der Waals surface area contributed by atoms with Crippen LogP contribution in [0.1, 0.15) is 65.3 Å². The number of methoxy groups -OCH3 is 1. The number of amides is 1. The summed E-state index contributed by atoms with van der Waals surface area (Å²) in [5.74, 6) is 0.594. The third-order valence-corrected chi connectivity index (χ3v) is 8.72. The molecule has 0 spiro atoms. The van der Waals surface area contributed by atoms with E-state index in [1.54, 1.807) is 20.1 Å². The number of ether oxygens (including phenoxy) is 1. The van der Waals surface area contributed by atoms with Crippen LogP contribution in [0.25, 0.3) is 0 Å². The molecule has 0 radical (unpaired) electrons. The van der Waals surface area contributed by atoms with Crippen LogP contribution in [0.5, 0.6) is 5.75 Å². The highest BCUT2D eigenvalue weighted by atomic mass is 35.5. The first kappa shape index (κ1) is 30.9. The molecule has 220 valence electrons. The Morgan fingerprint density at radius 2 is 1.78 bits per heavy atom. The SMILES string of the molecule is CCN(c1cc(Cl)cc(C(=O)NCc2c(Cl)[nH]c(C)cc2=O)c1C)[C@H]1CC[C@H](N(C)Cc2cccc(OC)c2)CC1. The molecule has 1 aliphatic rings. The van der Waals surface area contributed by atoms with Crippen LogP contribution in [0.15, 0.2) is 47.3 Å². The molecule has 1 aliphatic carbocycles. The van der Waals surface area contributed by atoms with Crippen LogP contribution in [-0.2, 0) is 13.1 Å². The molecule has 0 saturated heterocycles. The van der Waals surface area contributed by atoms with Gasteiger partial charge in [0.25, 0.3) is 5.91 Å². The Morgan fingerprint density at radius 3 is 2.44 bits per heavy atom. The van der Waals surface area contributed by atoms with E-state index in [2.05, 4.69) is 46.2 Å². The number of benzene rings is 2. The minimum Gasteiger partial charge on any atom is -0.497 e. The first-order valence-corrected chi connectivity index (χ1v) is 14.9. The maximum atomic E-state index is 13.3.